The minimum atomic E-state index is -3.04. The van der Waals surface area contributed by atoms with Crippen LogP contribution in [0.3, 0.4) is 0 Å². The lowest BCUT2D eigenvalue weighted by molar-refractivity contribution is -0.123. The number of esters is 1. The minimum Gasteiger partial charge on any atom is -0.493 e. The number of anilines is 1. The molecule has 1 heterocycles. The molecule has 0 radical (unpaired) electrons. The van der Waals surface area contributed by atoms with Crippen LogP contribution >= 0.6 is 11.6 Å². The van der Waals surface area contributed by atoms with Crippen molar-refractivity contribution in [2.24, 2.45) is 0 Å². The molecule has 0 saturated heterocycles. The predicted molar refractivity (Wildman–Crippen MR) is 92.4 cm³/mol. The predicted octanol–water partition coefficient (Wildman–Crippen LogP) is 3.53. The zero-order valence-electron chi connectivity index (χ0n) is 14.2. The number of rotatable bonds is 7. The zero-order valence-corrected chi connectivity index (χ0v) is 15.0. The molecule has 7 nitrogen and oxygen atoms in total. The van der Waals surface area contributed by atoms with Crippen LogP contribution < -0.4 is 14.8 Å². The minimum absolute atomic E-state index is 0.00692. The van der Waals surface area contributed by atoms with E-state index in [9.17, 15) is 18.4 Å². The summed E-state index contributed by atoms with van der Waals surface area (Å²) in [6.07, 6.45) is 0.299. The van der Waals surface area contributed by atoms with E-state index < -0.39 is 24.6 Å². The summed E-state index contributed by atoms with van der Waals surface area (Å²) in [5, 5.41) is 2.57. The molecule has 0 spiro atoms. The zero-order chi connectivity index (χ0) is 20.0. The molecule has 1 amide bonds. The van der Waals surface area contributed by atoms with E-state index in [1.165, 1.54) is 38.4 Å². The van der Waals surface area contributed by atoms with Crippen molar-refractivity contribution in [3.63, 3.8) is 0 Å². The second kappa shape index (κ2) is 9.13. The number of benzene rings is 1. The smallest absolute Gasteiger partial charge is 0.387 e. The molecule has 1 aromatic carbocycles. The summed E-state index contributed by atoms with van der Waals surface area (Å²) in [7, 11) is 1.23. The van der Waals surface area contributed by atoms with Gasteiger partial charge in [-0.2, -0.15) is 8.78 Å². The van der Waals surface area contributed by atoms with E-state index in [1.54, 1.807) is 6.07 Å². The molecule has 1 N–H and O–H groups in total. The molecule has 10 heteroatoms. The van der Waals surface area contributed by atoms with Crippen molar-refractivity contribution in [3.05, 3.63) is 47.2 Å². The van der Waals surface area contributed by atoms with Gasteiger partial charge in [-0.15, -0.1) is 0 Å². The summed E-state index contributed by atoms with van der Waals surface area (Å²) in [5.41, 5.74) is 0.259. The number of pyridine rings is 1. The first-order valence-corrected chi connectivity index (χ1v) is 7.94. The Balaban J connectivity index is 2.05. The lowest BCUT2D eigenvalue weighted by atomic mass is 10.2. The Hall–Kier alpha value is -2.94. The molecular weight excluding hydrogens is 386 g/mol. The summed E-state index contributed by atoms with van der Waals surface area (Å²) in [4.78, 5) is 28.1. The van der Waals surface area contributed by atoms with Crippen LogP contribution in [0, 0.1) is 0 Å². The molecule has 0 aliphatic carbocycles. The SMILES string of the molecule is COc1cc(C(=O)OC(C)C(=O)Nc2cccnc2Cl)ccc1OC(F)F. The molecule has 144 valence electrons. The van der Waals surface area contributed by atoms with Crippen LogP contribution in [-0.4, -0.2) is 36.7 Å². The first-order chi connectivity index (χ1) is 12.8. The van der Waals surface area contributed by atoms with Crippen LogP contribution in [0.2, 0.25) is 5.15 Å². The first kappa shape index (κ1) is 20.4. The molecule has 0 saturated carbocycles. The van der Waals surface area contributed by atoms with Gasteiger partial charge >= 0.3 is 12.6 Å². The van der Waals surface area contributed by atoms with Crippen LogP contribution in [0.5, 0.6) is 11.5 Å². The van der Waals surface area contributed by atoms with Gasteiger partial charge in [0, 0.05) is 6.20 Å². The Morgan fingerprint density at radius 1 is 1.22 bits per heavy atom. The summed E-state index contributed by atoms with van der Waals surface area (Å²) >= 11 is 5.85. The van der Waals surface area contributed by atoms with Gasteiger partial charge in [-0.05, 0) is 37.3 Å². The highest BCUT2D eigenvalue weighted by Gasteiger charge is 2.21. The van der Waals surface area contributed by atoms with Crippen molar-refractivity contribution in [2.45, 2.75) is 19.6 Å². The first-order valence-electron chi connectivity index (χ1n) is 7.57. The van der Waals surface area contributed by atoms with Gasteiger partial charge in [-0.3, -0.25) is 4.79 Å². The average molecular weight is 401 g/mol. The molecule has 0 aliphatic heterocycles. The molecule has 2 aromatic rings. The fraction of sp³-hybridized carbons (Fsp3) is 0.235. The highest BCUT2D eigenvalue weighted by molar-refractivity contribution is 6.32. The maximum Gasteiger partial charge on any atom is 0.387 e. The summed E-state index contributed by atoms with van der Waals surface area (Å²) in [6.45, 7) is -1.68. The molecule has 0 bridgehead atoms. The van der Waals surface area contributed by atoms with Crippen molar-refractivity contribution < 1.29 is 32.6 Å². The number of methoxy groups -OCH3 is 1. The molecular formula is C17H15ClF2N2O5. The van der Waals surface area contributed by atoms with Gasteiger partial charge < -0.3 is 19.5 Å². The molecule has 0 aliphatic rings. The standard InChI is InChI=1S/C17H15ClF2N2O5/c1-9(15(23)22-11-4-3-7-21-14(11)18)26-16(24)10-5-6-12(27-17(19)20)13(8-10)25-2/h3-9,17H,1-2H3,(H,22,23). The van der Waals surface area contributed by atoms with Crippen molar-refractivity contribution in [2.75, 3.05) is 12.4 Å². The fourth-order valence-corrected chi connectivity index (χ4v) is 2.15. The quantitative estimate of drug-likeness (QED) is 0.565. The third-order valence-electron chi connectivity index (χ3n) is 3.29. The summed E-state index contributed by atoms with van der Waals surface area (Å²) in [5.74, 6) is -1.79. The number of carbonyl (C=O) groups excluding carboxylic acids is 2. The molecule has 0 fully saturated rings. The number of halogens is 3. The van der Waals surface area contributed by atoms with Crippen LogP contribution in [0.1, 0.15) is 17.3 Å². The topological polar surface area (TPSA) is 86.8 Å². The second-order valence-electron chi connectivity index (χ2n) is 5.12. The number of alkyl halides is 2. The number of hydrogen-bond donors (Lipinski definition) is 1. The van der Waals surface area contributed by atoms with Crippen molar-refractivity contribution in [1.29, 1.82) is 0 Å². The van der Waals surface area contributed by atoms with Gasteiger partial charge in [0.2, 0.25) is 0 Å². The number of nitrogens with zero attached hydrogens (tertiary/aromatic N) is 1. The summed E-state index contributed by atoms with van der Waals surface area (Å²) < 4.78 is 38.9. The molecule has 1 unspecified atom stereocenters. The largest absolute Gasteiger partial charge is 0.493 e. The fourth-order valence-electron chi connectivity index (χ4n) is 1.98. The van der Waals surface area contributed by atoms with Crippen LogP contribution in [0.25, 0.3) is 0 Å². The van der Waals surface area contributed by atoms with E-state index in [2.05, 4.69) is 15.0 Å². The maximum absolute atomic E-state index is 12.3. The lowest BCUT2D eigenvalue weighted by Crippen LogP contribution is -2.30. The van der Waals surface area contributed by atoms with E-state index in [-0.39, 0.29) is 27.9 Å². The Kier molecular flexibility index (Phi) is 6.89. The molecule has 1 atom stereocenters. The third-order valence-corrected chi connectivity index (χ3v) is 3.59. The number of ether oxygens (including phenoxy) is 3. The van der Waals surface area contributed by atoms with Crippen LogP contribution in [-0.2, 0) is 9.53 Å². The molecule has 1 aromatic heterocycles. The van der Waals surface area contributed by atoms with Gasteiger partial charge in [0.25, 0.3) is 5.91 Å². The Labute approximate surface area is 158 Å². The molecule has 27 heavy (non-hydrogen) atoms. The summed E-state index contributed by atoms with van der Waals surface area (Å²) in [6, 6.07) is 6.64. The number of amides is 1. The highest BCUT2D eigenvalue weighted by Crippen LogP contribution is 2.29. The van der Waals surface area contributed by atoms with Crippen molar-refractivity contribution in [3.8, 4) is 11.5 Å². The lowest BCUT2D eigenvalue weighted by Gasteiger charge is -2.15. The Morgan fingerprint density at radius 2 is 1.96 bits per heavy atom. The Bertz CT molecular complexity index is 835. The maximum atomic E-state index is 12.3. The number of hydrogen-bond acceptors (Lipinski definition) is 6. The second-order valence-corrected chi connectivity index (χ2v) is 5.48. The monoisotopic (exact) mass is 400 g/mol. The van der Waals surface area contributed by atoms with E-state index in [4.69, 9.17) is 21.1 Å². The highest BCUT2D eigenvalue weighted by atomic mass is 35.5. The third kappa shape index (κ3) is 5.52. The van der Waals surface area contributed by atoms with Gasteiger partial charge in [-0.25, -0.2) is 9.78 Å². The molecule has 2 rings (SSSR count). The Morgan fingerprint density at radius 3 is 2.59 bits per heavy atom. The van der Waals surface area contributed by atoms with Crippen LogP contribution in [0.4, 0.5) is 14.5 Å². The van der Waals surface area contributed by atoms with E-state index >= 15 is 0 Å². The van der Waals surface area contributed by atoms with Gasteiger partial charge in [0.05, 0.1) is 18.4 Å². The van der Waals surface area contributed by atoms with Gasteiger partial charge in [-0.1, -0.05) is 11.6 Å². The van der Waals surface area contributed by atoms with E-state index in [1.807, 2.05) is 0 Å². The van der Waals surface area contributed by atoms with Crippen molar-refractivity contribution in [1.82, 2.24) is 4.98 Å². The number of carbonyl (C=O) groups is 2. The number of aromatic nitrogens is 1. The van der Waals surface area contributed by atoms with Crippen LogP contribution in [0.15, 0.2) is 36.5 Å². The van der Waals surface area contributed by atoms with E-state index in [0.29, 0.717) is 0 Å². The average Bonchev–Trinajstić information content (AvgIpc) is 2.63. The van der Waals surface area contributed by atoms with Gasteiger partial charge in [0.15, 0.2) is 22.8 Å². The number of nitrogens with one attached hydrogen (secondary N) is 1. The normalized spacial score (nSPS) is 11.6. The van der Waals surface area contributed by atoms with Crippen molar-refractivity contribution >= 4 is 29.2 Å². The van der Waals surface area contributed by atoms with E-state index in [0.717, 1.165) is 6.07 Å². The van der Waals surface area contributed by atoms with Gasteiger partial charge in [0.1, 0.15) is 0 Å².